The number of hydrazone groups is 1. The van der Waals surface area contributed by atoms with Crippen LogP contribution in [0.5, 0.6) is 0 Å². The van der Waals surface area contributed by atoms with Gasteiger partial charge < -0.3 is 4.42 Å². The molecule has 0 spiro atoms. The molecule has 1 unspecified atom stereocenters. The van der Waals surface area contributed by atoms with E-state index in [0.29, 0.717) is 17.5 Å². The fourth-order valence-corrected chi connectivity index (χ4v) is 2.08. The molecule has 1 aromatic heterocycles. The first-order valence-corrected chi connectivity index (χ1v) is 5.60. The molecule has 1 aliphatic rings. The molecule has 2 radical (unpaired) electrons. The highest BCUT2D eigenvalue weighted by molar-refractivity contribution is 6.07. The zero-order valence-corrected chi connectivity index (χ0v) is 9.67. The van der Waals surface area contributed by atoms with Crippen LogP contribution >= 0.6 is 0 Å². The Kier molecular flexibility index (Phi) is 2.29. The van der Waals surface area contributed by atoms with Crippen molar-refractivity contribution in [3.05, 3.63) is 23.8 Å². The Morgan fingerprint density at radius 2 is 2.33 bits per heavy atom. The van der Waals surface area contributed by atoms with Crippen molar-refractivity contribution in [3.8, 4) is 0 Å². The number of rotatable bonds is 1. The summed E-state index contributed by atoms with van der Waals surface area (Å²) in [7, 11) is 0. The lowest BCUT2D eigenvalue weighted by molar-refractivity contribution is -0.121. The average molecular weight is 242 g/mol. The summed E-state index contributed by atoms with van der Waals surface area (Å²) in [5.74, 6) is -0.0249. The quantitative estimate of drug-likeness (QED) is 0.819. The van der Waals surface area contributed by atoms with E-state index >= 15 is 0 Å². The van der Waals surface area contributed by atoms with Crippen LogP contribution in [0.2, 0.25) is 0 Å². The van der Waals surface area contributed by atoms with Crippen molar-refractivity contribution in [1.82, 2.24) is 16.1 Å². The molecule has 1 aromatic carbocycles. The molecule has 0 aliphatic carbocycles. The highest BCUT2D eigenvalue weighted by atomic mass is 16.4. The highest BCUT2D eigenvalue weighted by Crippen LogP contribution is 2.22. The van der Waals surface area contributed by atoms with E-state index in [4.69, 9.17) is 4.42 Å². The number of aromatic nitrogens is 1. The molecule has 6 nitrogen and oxygen atoms in total. The van der Waals surface area contributed by atoms with E-state index in [9.17, 15) is 10.5 Å². The van der Waals surface area contributed by atoms with Crippen molar-refractivity contribution < 1.29 is 9.21 Å². The molecule has 0 saturated heterocycles. The first-order valence-electron chi connectivity index (χ1n) is 5.60. The van der Waals surface area contributed by atoms with Crippen LogP contribution < -0.4 is 11.2 Å². The van der Waals surface area contributed by atoms with Crippen molar-refractivity contribution in [2.75, 3.05) is 0 Å². The van der Waals surface area contributed by atoms with E-state index in [1.54, 1.807) is 12.1 Å². The standard InChI is InChI=1S/C12H10N4O2/c1-6-4-10(17)15-16-11(6)7-2-3-9-8(5-7)14-12(13)18-9/h2-3,5-6H,4H2,1H3,(H,15,17). The van der Waals surface area contributed by atoms with E-state index in [1.807, 2.05) is 13.0 Å². The molecule has 1 aliphatic heterocycles. The molecule has 90 valence electrons. The number of oxazole rings is 1. The fraction of sp³-hybridized carbons (Fsp3) is 0.250. The number of carbonyl (C=O) groups is 1. The highest BCUT2D eigenvalue weighted by Gasteiger charge is 2.22. The molecule has 0 saturated carbocycles. The molecule has 1 amide bonds. The van der Waals surface area contributed by atoms with Gasteiger partial charge in [0.15, 0.2) is 5.58 Å². The van der Waals surface area contributed by atoms with Gasteiger partial charge >= 0.3 is 6.01 Å². The van der Waals surface area contributed by atoms with Gasteiger partial charge in [-0.25, -0.2) is 5.43 Å². The maximum atomic E-state index is 11.2. The lowest BCUT2D eigenvalue weighted by Gasteiger charge is -2.18. The number of hydrogen-bond acceptors (Lipinski definition) is 4. The summed E-state index contributed by atoms with van der Waals surface area (Å²) < 4.78 is 4.99. The Morgan fingerprint density at radius 3 is 3.11 bits per heavy atom. The third-order valence-electron chi connectivity index (χ3n) is 2.93. The van der Waals surface area contributed by atoms with Crippen LogP contribution in [0.3, 0.4) is 0 Å². The van der Waals surface area contributed by atoms with Crippen molar-refractivity contribution in [3.63, 3.8) is 0 Å². The normalized spacial score (nSPS) is 19.7. The molecule has 3 rings (SSSR count). The van der Waals surface area contributed by atoms with Gasteiger partial charge in [-0.1, -0.05) is 12.7 Å². The maximum Gasteiger partial charge on any atom is 0.342 e. The van der Waals surface area contributed by atoms with Gasteiger partial charge in [0, 0.05) is 17.9 Å². The molecular weight excluding hydrogens is 232 g/mol. The predicted octanol–water partition coefficient (Wildman–Crippen LogP) is 1.39. The SMILES string of the molecule is CC1CC(=O)NN=C1c1ccc2oc([N])nc2c1. The van der Waals surface area contributed by atoms with Crippen LogP contribution in [0.1, 0.15) is 18.9 Å². The minimum absolute atomic E-state index is 0.0525. The molecule has 6 heteroatoms. The summed E-state index contributed by atoms with van der Waals surface area (Å²) in [6.45, 7) is 1.95. The molecule has 2 heterocycles. The summed E-state index contributed by atoms with van der Waals surface area (Å²) in [4.78, 5) is 15.0. The smallest absolute Gasteiger partial charge is 0.342 e. The van der Waals surface area contributed by atoms with Gasteiger partial charge in [0.25, 0.3) is 0 Å². The zero-order valence-electron chi connectivity index (χ0n) is 9.67. The monoisotopic (exact) mass is 242 g/mol. The fourth-order valence-electron chi connectivity index (χ4n) is 2.08. The molecule has 18 heavy (non-hydrogen) atoms. The number of fused-ring (bicyclic) bond motifs is 1. The van der Waals surface area contributed by atoms with E-state index in [0.717, 1.165) is 11.3 Å². The van der Waals surface area contributed by atoms with Crippen LogP contribution in [0, 0.1) is 5.92 Å². The second-order valence-corrected chi connectivity index (χ2v) is 4.32. The third kappa shape index (κ3) is 1.71. The molecular formula is C12H10N4O2. The molecule has 1 N–H and O–H groups in total. The van der Waals surface area contributed by atoms with Crippen molar-refractivity contribution in [2.45, 2.75) is 13.3 Å². The van der Waals surface area contributed by atoms with Crippen molar-refractivity contribution >= 4 is 28.7 Å². The Morgan fingerprint density at radius 1 is 1.50 bits per heavy atom. The Labute approximate surface area is 103 Å². The van der Waals surface area contributed by atoms with E-state index in [-0.39, 0.29) is 17.8 Å². The van der Waals surface area contributed by atoms with E-state index in [1.165, 1.54) is 0 Å². The van der Waals surface area contributed by atoms with E-state index < -0.39 is 0 Å². The summed E-state index contributed by atoms with van der Waals surface area (Å²) >= 11 is 0. The van der Waals surface area contributed by atoms with Crippen LogP contribution in [-0.2, 0) is 4.79 Å². The summed E-state index contributed by atoms with van der Waals surface area (Å²) in [5, 5.41) is 4.07. The zero-order chi connectivity index (χ0) is 12.7. The molecule has 2 aromatic rings. The Bertz CT molecular complexity index is 659. The van der Waals surface area contributed by atoms with Gasteiger partial charge in [-0.2, -0.15) is 10.1 Å². The van der Waals surface area contributed by atoms with Gasteiger partial charge in [0.05, 0.1) is 5.71 Å². The van der Waals surface area contributed by atoms with Crippen LogP contribution in [0.25, 0.3) is 11.1 Å². The van der Waals surface area contributed by atoms with Crippen LogP contribution in [0.15, 0.2) is 27.7 Å². The van der Waals surface area contributed by atoms with Crippen LogP contribution in [-0.4, -0.2) is 16.6 Å². The van der Waals surface area contributed by atoms with E-state index in [2.05, 4.69) is 15.5 Å². The number of hydrogen-bond donors (Lipinski definition) is 1. The van der Waals surface area contributed by atoms with Gasteiger partial charge in [-0.05, 0) is 18.2 Å². The molecule has 0 fully saturated rings. The summed E-state index contributed by atoms with van der Waals surface area (Å²) in [5.41, 5.74) is 14.4. The van der Waals surface area contributed by atoms with Gasteiger partial charge in [-0.3, -0.25) is 4.79 Å². The Hall–Kier alpha value is -2.37. The lowest BCUT2D eigenvalue weighted by Crippen LogP contribution is -2.31. The summed E-state index contributed by atoms with van der Waals surface area (Å²) in [6.07, 6.45) is 0.418. The van der Waals surface area contributed by atoms with Gasteiger partial charge in [-0.15, -0.1) is 0 Å². The lowest BCUT2D eigenvalue weighted by atomic mass is 9.94. The number of amides is 1. The predicted molar refractivity (Wildman–Crippen MR) is 64.3 cm³/mol. The second-order valence-electron chi connectivity index (χ2n) is 4.32. The van der Waals surface area contributed by atoms with Crippen molar-refractivity contribution in [2.24, 2.45) is 11.0 Å². The van der Waals surface area contributed by atoms with Gasteiger partial charge in [0.2, 0.25) is 5.91 Å². The van der Waals surface area contributed by atoms with Crippen LogP contribution in [0.4, 0.5) is 6.01 Å². The second kappa shape index (κ2) is 3.83. The average Bonchev–Trinajstić information content (AvgIpc) is 2.68. The van der Waals surface area contributed by atoms with Gasteiger partial charge in [0.1, 0.15) is 5.52 Å². The first kappa shape index (κ1) is 10.8. The number of carbonyl (C=O) groups excluding carboxylic acids is 1. The summed E-state index contributed by atoms with van der Waals surface area (Å²) in [6, 6.07) is 4.99. The molecule has 1 atom stereocenters. The maximum absolute atomic E-state index is 11.2. The Balaban J connectivity index is 2.06. The minimum atomic E-state index is -0.353. The number of nitrogens with one attached hydrogen (secondary N) is 1. The topological polar surface area (TPSA) is 89.8 Å². The minimum Gasteiger partial charge on any atom is -0.421 e. The molecule has 0 bridgehead atoms. The first-order chi connectivity index (χ1) is 8.63. The van der Waals surface area contributed by atoms with Crippen molar-refractivity contribution in [1.29, 1.82) is 0 Å². The largest absolute Gasteiger partial charge is 0.421 e. The third-order valence-corrected chi connectivity index (χ3v) is 2.93. The number of benzene rings is 1. The number of nitrogens with zero attached hydrogens (tertiary/aromatic N) is 3.